The summed E-state index contributed by atoms with van der Waals surface area (Å²) in [6.45, 7) is 5.45. The highest BCUT2D eigenvalue weighted by molar-refractivity contribution is 4.85. The van der Waals surface area contributed by atoms with Crippen LogP contribution in [-0.2, 0) is 4.74 Å². The van der Waals surface area contributed by atoms with Crippen LogP contribution in [0.1, 0.15) is 65.2 Å². The SMILES string of the molecule is CC1(C)CCC(O)C(OCC2CCCCC2)C1. The van der Waals surface area contributed by atoms with Crippen LogP contribution >= 0.6 is 0 Å². The highest BCUT2D eigenvalue weighted by Crippen LogP contribution is 2.37. The largest absolute Gasteiger partial charge is 0.390 e. The van der Waals surface area contributed by atoms with Gasteiger partial charge in [0.15, 0.2) is 0 Å². The Bertz CT molecular complexity index is 231. The first kappa shape index (κ1) is 13.4. The first-order valence-corrected chi connectivity index (χ1v) is 7.36. The van der Waals surface area contributed by atoms with E-state index in [4.69, 9.17) is 4.74 Å². The quantitative estimate of drug-likeness (QED) is 0.818. The zero-order chi connectivity index (χ0) is 12.3. The molecule has 0 saturated heterocycles. The zero-order valence-electron chi connectivity index (χ0n) is 11.5. The number of hydrogen-bond donors (Lipinski definition) is 1. The average molecular weight is 240 g/mol. The highest BCUT2D eigenvalue weighted by Gasteiger charge is 2.34. The first-order chi connectivity index (χ1) is 8.07. The number of rotatable bonds is 3. The Hall–Kier alpha value is -0.0800. The minimum atomic E-state index is -0.230. The van der Waals surface area contributed by atoms with Crippen molar-refractivity contribution in [3.05, 3.63) is 0 Å². The molecule has 0 aliphatic heterocycles. The fourth-order valence-electron chi connectivity index (χ4n) is 3.29. The summed E-state index contributed by atoms with van der Waals surface area (Å²) >= 11 is 0. The summed E-state index contributed by atoms with van der Waals surface area (Å²) < 4.78 is 6.02. The summed E-state index contributed by atoms with van der Waals surface area (Å²) in [5.41, 5.74) is 0.344. The van der Waals surface area contributed by atoms with E-state index in [1.807, 2.05) is 0 Å². The average Bonchev–Trinajstić information content (AvgIpc) is 2.32. The Balaban J connectivity index is 1.76. The van der Waals surface area contributed by atoms with Crippen molar-refractivity contribution in [2.75, 3.05) is 6.61 Å². The van der Waals surface area contributed by atoms with Gasteiger partial charge in [0.2, 0.25) is 0 Å². The third kappa shape index (κ3) is 3.96. The van der Waals surface area contributed by atoms with E-state index < -0.39 is 0 Å². The minimum Gasteiger partial charge on any atom is -0.390 e. The Kier molecular flexibility index (Phi) is 4.48. The van der Waals surface area contributed by atoms with Crippen LogP contribution in [0.4, 0.5) is 0 Å². The Morgan fingerprint density at radius 1 is 1.12 bits per heavy atom. The molecule has 2 unspecified atom stereocenters. The van der Waals surface area contributed by atoms with Gasteiger partial charge in [0.05, 0.1) is 12.2 Å². The number of aliphatic hydroxyl groups is 1. The van der Waals surface area contributed by atoms with Crippen molar-refractivity contribution in [2.45, 2.75) is 77.4 Å². The number of aliphatic hydroxyl groups excluding tert-OH is 1. The molecule has 2 aliphatic carbocycles. The Labute approximate surface area is 106 Å². The van der Waals surface area contributed by atoms with Gasteiger partial charge in [-0.15, -0.1) is 0 Å². The topological polar surface area (TPSA) is 29.5 Å². The third-order valence-corrected chi connectivity index (χ3v) is 4.57. The summed E-state index contributed by atoms with van der Waals surface area (Å²) in [7, 11) is 0. The Morgan fingerprint density at radius 3 is 2.53 bits per heavy atom. The van der Waals surface area contributed by atoms with Crippen molar-refractivity contribution in [1.82, 2.24) is 0 Å². The van der Waals surface area contributed by atoms with Gasteiger partial charge in [-0.25, -0.2) is 0 Å². The summed E-state index contributed by atoms with van der Waals surface area (Å²) in [5, 5.41) is 10.0. The van der Waals surface area contributed by atoms with E-state index in [9.17, 15) is 5.11 Å². The van der Waals surface area contributed by atoms with Gasteiger partial charge in [-0.1, -0.05) is 33.1 Å². The number of hydrogen-bond acceptors (Lipinski definition) is 2. The molecule has 2 nitrogen and oxygen atoms in total. The molecule has 2 atom stereocenters. The van der Waals surface area contributed by atoms with Gasteiger partial charge in [-0.05, 0) is 43.4 Å². The zero-order valence-corrected chi connectivity index (χ0v) is 11.5. The van der Waals surface area contributed by atoms with Crippen molar-refractivity contribution in [2.24, 2.45) is 11.3 Å². The van der Waals surface area contributed by atoms with Gasteiger partial charge >= 0.3 is 0 Å². The molecule has 2 aliphatic rings. The maximum atomic E-state index is 10.0. The molecule has 0 bridgehead atoms. The summed E-state index contributed by atoms with van der Waals surface area (Å²) in [6.07, 6.45) is 9.68. The van der Waals surface area contributed by atoms with Crippen molar-refractivity contribution in [3.8, 4) is 0 Å². The molecule has 0 heterocycles. The number of ether oxygens (including phenoxy) is 1. The fraction of sp³-hybridized carbons (Fsp3) is 1.00. The lowest BCUT2D eigenvalue weighted by molar-refractivity contribution is -0.0963. The molecule has 0 aromatic rings. The normalized spacial score (nSPS) is 34.8. The van der Waals surface area contributed by atoms with Crippen molar-refractivity contribution >= 4 is 0 Å². The predicted octanol–water partition coefficient (Wildman–Crippen LogP) is 3.52. The van der Waals surface area contributed by atoms with Crippen LogP contribution in [0.5, 0.6) is 0 Å². The van der Waals surface area contributed by atoms with E-state index in [2.05, 4.69) is 13.8 Å². The molecule has 0 spiro atoms. The van der Waals surface area contributed by atoms with Gasteiger partial charge < -0.3 is 9.84 Å². The van der Waals surface area contributed by atoms with Crippen molar-refractivity contribution in [1.29, 1.82) is 0 Å². The highest BCUT2D eigenvalue weighted by atomic mass is 16.5. The molecular weight excluding hydrogens is 212 g/mol. The van der Waals surface area contributed by atoms with Gasteiger partial charge in [-0.3, -0.25) is 0 Å². The second-order valence-corrected chi connectivity index (χ2v) is 6.85. The second kappa shape index (κ2) is 5.71. The fourth-order valence-corrected chi connectivity index (χ4v) is 3.29. The van der Waals surface area contributed by atoms with Crippen LogP contribution in [0.2, 0.25) is 0 Å². The smallest absolute Gasteiger partial charge is 0.0839 e. The summed E-state index contributed by atoms with van der Waals surface area (Å²) in [4.78, 5) is 0. The van der Waals surface area contributed by atoms with E-state index >= 15 is 0 Å². The molecule has 0 aromatic carbocycles. The lowest BCUT2D eigenvalue weighted by Crippen LogP contribution is -2.40. The van der Waals surface area contributed by atoms with Crippen LogP contribution in [-0.4, -0.2) is 23.9 Å². The molecule has 0 aromatic heterocycles. The third-order valence-electron chi connectivity index (χ3n) is 4.57. The van der Waals surface area contributed by atoms with Gasteiger partial charge in [-0.2, -0.15) is 0 Å². The molecule has 0 amide bonds. The van der Waals surface area contributed by atoms with Crippen molar-refractivity contribution in [3.63, 3.8) is 0 Å². The molecular formula is C15H28O2. The Morgan fingerprint density at radius 2 is 1.82 bits per heavy atom. The van der Waals surface area contributed by atoms with E-state index in [-0.39, 0.29) is 12.2 Å². The molecule has 2 heteroatoms. The minimum absolute atomic E-state index is 0.0840. The van der Waals surface area contributed by atoms with Gasteiger partial charge in [0.1, 0.15) is 0 Å². The van der Waals surface area contributed by atoms with E-state index in [1.165, 1.54) is 32.1 Å². The molecule has 2 saturated carbocycles. The molecule has 17 heavy (non-hydrogen) atoms. The second-order valence-electron chi connectivity index (χ2n) is 6.85. The van der Waals surface area contributed by atoms with E-state index in [1.54, 1.807) is 0 Å². The lowest BCUT2D eigenvalue weighted by atomic mass is 9.75. The van der Waals surface area contributed by atoms with Crippen LogP contribution in [0, 0.1) is 11.3 Å². The molecule has 2 rings (SSSR count). The molecule has 100 valence electrons. The molecule has 0 radical (unpaired) electrons. The van der Waals surface area contributed by atoms with Crippen LogP contribution in [0.15, 0.2) is 0 Å². The molecule has 1 N–H and O–H groups in total. The van der Waals surface area contributed by atoms with Crippen LogP contribution in [0.3, 0.4) is 0 Å². The summed E-state index contributed by atoms with van der Waals surface area (Å²) in [5.74, 6) is 0.751. The maximum Gasteiger partial charge on any atom is 0.0839 e. The predicted molar refractivity (Wildman–Crippen MR) is 70.0 cm³/mol. The first-order valence-electron chi connectivity index (χ1n) is 7.36. The lowest BCUT2D eigenvalue weighted by Gasteiger charge is -2.39. The molecule has 2 fully saturated rings. The van der Waals surface area contributed by atoms with Crippen LogP contribution in [0.25, 0.3) is 0 Å². The van der Waals surface area contributed by atoms with E-state index in [0.29, 0.717) is 5.41 Å². The van der Waals surface area contributed by atoms with E-state index in [0.717, 1.165) is 31.8 Å². The van der Waals surface area contributed by atoms with Gasteiger partial charge in [0.25, 0.3) is 0 Å². The maximum absolute atomic E-state index is 10.0. The van der Waals surface area contributed by atoms with Gasteiger partial charge in [0, 0.05) is 6.61 Å². The monoisotopic (exact) mass is 240 g/mol. The van der Waals surface area contributed by atoms with Crippen molar-refractivity contribution < 1.29 is 9.84 Å². The standard InChI is InChI=1S/C15H28O2/c1-15(2)9-8-13(16)14(10-15)17-11-12-6-4-3-5-7-12/h12-14,16H,3-11H2,1-2H3. The summed E-state index contributed by atoms with van der Waals surface area (Å²) in [6, 6.07) is 0. The van der Waals surface area contributed by atoms with Crippen LogP contribution < -0.4 is 0 Å².